The van der Waals surface area contributed by atoms with Gasteiger partial charge >= 0.3 is 0 Å². The van der Waals surface area contributed by atoms with Crippen LogP contribution in [0.1, 0.15) is 0 Å². The van der Waals surface area contributed by atoms with Crippen LogP contribution in [0.4, 0.5) is 0 Å². The van der Waals surface area contributed by atoms with E-state index in [0.29, 0.717) is 15.8 Å². The van der Waals surface area contributed by atoms with E-state index in [2.05, 4.69) is 4.98 Å². The van der Waals surface area contributed by atoms with Crippen molar-refractivity contribution >= 4 is 34.1 Å². The minimum atomic E-state index is 0.480. The van der Waals surface area contributed by atoms with Crippen LogP contribution in [0.2, 0.25) is 10.0 Å². The second kappa shape index (κ2) is 5.08. The van der Waals surface area contributed by atoms with Crippen LogP contribution in [0, 0.1) is 0 Å². The Hall–Kier alpha value is -1.77. The minimum absolute atomic E-state index is 0.480. The zero-order chi connectivity index (χ0) is 13.2. The van der Waals surface area contributed by atoms with Crippen molar-refractivity contribution in [3.8, 4) is 11.5 Å². The standard InChI is InChI=1S/C15H9Cl2NO/c16-10-5-6-15(12(17)9-10)19-14-7-8-18-13-4-2-1-3-11(13)14/h1-9H. The van der Waals surface area contributed by atoms with Crippen molar-refractivity contribution in [3.05, 3.63) is 64.8 Å². The van der Waals surface area contributed by atoms with Crippen LogP contribution in [0.25, 0.3) is 10.9 Å². The average Bonchev–Trinajstić information content (AvgIpc) is 2.42. The molecule has 0 radical (unpaired) electrons. The monoisotopic (exact) mass is 289 g/mol. The highest BCUT2D eigenvalue weighted by Crippen LogP contribution is 2.34. The van der Waals surface area contributed by atoms with Crippen LogP contribution in [0.5, 0.6) is 11.5 Å². The molecule has 0 saturated heterocycles. The fraction of sp³-hybridized carbons (Fsp3) is 0. The summed E-state index contributed by atoms with van der Waals surface area (Å²) in [6.45, 7) is 0. The van der Waals surface area contributed by atoms with Crippen LogP contribution >= 0.6 is 23.2 Å². The van der Waals surface area contributed by atoms with Crippen LogP contribution < -0.4 is 4.74 Å². The lowest BCUT2D eigenvalue weighted by Crippen LogP contribution is -1.88. The number of pyridine rings is 1. The van der Waals surface area contributed by atoms with Gasteiger partial charge in [0.15, 0.2) is 0 Å². The fourth-order valence-electron chi connectivity index (χ4n) is 1.84. The smallest absolute Gasteiger partial charge is 0.146 e. The molecule has 0 spiro atoms. The van der Waals surface area contributed by atoms with Crippen LogP contribution in [-0.4, -0.2) is 4.98 Å². The first-order chi connectivity index (χ1) is 9.24. The Balaban J connectivity index is 2.06. The van der Waals surface area contributed by atoms with Crippen molar-refractivity contribution in [2.24, 2.45) is 0 Å². The Labute approximate surface area is 120 Å². The van der Waals surface area contributed by atoms with Gasteiger partial charge in [-0.3, -0.25) is 4.98 Å². The summed E-state index contributed by atoms with van der Waals surface area (Å²) in [6.07, 6.45) is 1.71. The molecule has 0 aliphatic heterocycles. The Morgan fingerprint density at radius 3 is 2.58 bits per heavy atom. The largest absolute Gasteiger partial charge is 0.455 e. The molecule has 0 unspecified atom stereocenters. The number of fused-ring (bicyclic) bond motifs is 1. The maximum absolute atomic E-state index is 6.11. The summed E-state index contributed by atoms with van der Waals surface area (Å²) < 4.78 is 5.85. The minimum Gasteiger partial charge on any atom is -0.455 e. The molecule has 4 heteroatoms. The molecule has 19 heavy (non-hydrogen) atoms. The van der Waals surface area contributed by atoms with Crippen molar-refractivity contribution < 1.29 is 4.74 Å². The van der Waals surface area contributed by atoms with E-state index in [0.717, 1.165) is 16.7 Å². The summed E-state index contributed by atoms with van der Waals surface area (Å²) >= 11 is 12.0. The van der Waals surface area contributed by atoms with Gasteiger partial charge in [0.2, 0.25) is 0 Å². The lowest BCUT2D eigenvalue weighted by atomic mass is 10.2. The molecule has 1 heterocycles. The highest BCUT2D eigenvalue weighted by molar-refractivity contribution is 6.35. The lowest BCUT2D eigenvalue weighted by Gasteiger charge is -2.09. The van der Waals surface area contributed by atoms with Crippen molar-refractivity contribution in [2.45, 2.75) is 0 Å². The maximum atomic E-state index is 6.11. The molecule has 0 saturated carbocycles. The quantitative estimate of drug-likeness (QED) is 0.636. The topological polar surface area (TPSA) is 22.1 Å². The molecule has 1 aromatic heterocycles. The number of hydrogen-bond donors (Lipinski definition) is 0. The molecular formula is C15H9Cl2NO. The zero-order valence-corrected chi connectivity index (χ0v) is 11.3. The molecule has 0 N–H and O–H groups in total. The van der Waals surface area contributed by atoms with E-state index in [1.54, 1.807) is 24.4 Å². The van der Waals surface area contributed by atoms with Crippen LogP contribution in [0.3, 0.4) is 0 Å². The van der Waals surface area contributed by atoms with E-state index in [1.165, 1.54) is 0 Å². The Morgan fingerprint density at radius 1 is 0.895 bits per heavy atom. The van der Waals surface area contributed by atoms with E-state index in [9.17, 15) is 0 Å². The number of para-hydroxylation sites is 1. The summed E-state index contributed by atoms with van der Waals surface area (Å²) in [6, 6.07) is 14.7. The molecule has 3 rings (SSSR count). The molecule has 0 aliphatic carbocycles. The average molecular weight is 290 g/mol. The number of ether oxygens (including phenoxy) is 1. The number of halogens is 2. The van der Waals surface area contributed by atoms with Crippen molar-refractivity contribution in [1.82, 2.24) is 4.98 Å². The normalized spacial score (nSPS) is 10.6. The first-order valence-corrected chi connectivity index (χ1v) is 6.46. The van der Waals surface area contributed by atoms with Gasteiger partial charge in [-0.25, -0.2) is 0 Å². The van der Waals surface area contributed by atoms with Gasteiger partial charge in [0, 0.05) is 16.6 Å². The summed E-state index contributed by atoms with van der Waals surface area (Å²) in [5.41, 5.74) is 0.880. The molecule has 0 atom stereocenters. The van der Waals surface area contributed by atoms with Crippen molar-refractivity contribution in [2.75, 3.05) is 0 Å². The van der Waals surface area contributed by atoms with Crippen LogP contribution in [0.15, 0.2) is 54.7 Å². The summed E-state index contributed by atoms with van der Waals surface area (Å²) in [4.78, 5) is 4.29. The molecule has 3 aromatic rings. The van der Waals surface area contributed by atoms with Gasteiger partial charge in [-0.2, -0.15) is 0 Å². The van der Waals surface area contributed by atoms with Gasteiger partial charge in [-0.1, -0.05) is 35.3 Å². The van der Waals surface area contributed by atoms with Gasteiger partial charge in [0.05, 0.1) is 10.5 Å². The number of benzene rings is 2. The molecule has 0 fully saturated rings. The van der Waals surface area contributed by atoms with Gasteiger partial charge in [-0.15, -0.1) is 0 Å². The van der Waals surface area contributed by atoms with E-state index in [4.69, 9.17) is 27.9 Å². The predicted molar refractivity (Wildman–Crippen MR) is 78.3 cm³/mol. The van der Waals surface area contributed by atoms with E-state index < -0.39 is 0 Å². The Bertz CT molecular complexity index is 738. The highest BCUT2D eigenvalue weighted by Gasteiger charge is 2.07. The summed E-state index contributed by atoms with van der Waals surface area (Å²) in [5, 5.41) is 2.00. The Kier molecular flexibility index (Phi) is 3.28. The number of nitrogens with zero attached hydrogens (tertiary/aromatic N) is 1. The van der Waals surface area contributed by atoms with Gasteiger partial charge < -0.3 is 4.74 Å². The molecule has 2 aromatic carbocycles. The molecule has 0 aliphatic rings. The van der Waals surface area contributed by atoms with Crippen LogP contribution in [-0.2, 0) is 0 Å². The zero-order valence-electron chi connectivity index (χ0n) is 9.81. The second-order valence-electron chi connectivity index (χ2n) is 4.00. The molecule has 0 amide bonds. The van der Waals surface area contributed by atoms with Crippen molar-refractivity contribution in [1.29, 1.82) is 0 Å². The van der Waals surface area contributed by atoms with Gasteiger partial charge in [0.1, 0.15) is 11.5 Å². The third-order valence-electron chi connectivity index (χ3n) is 2.72. The van der Waals surface area contributed by atoms with E-state index in [1.807, 2.05) is 30.3 Å². The second-order valence-corrected chi connectivity index (χ2v) is 4.85. The van der Waals surface area contributed by atoms with E-state index >= 15 is 0 Å². The predicted octanol–water partition coefficient (Wildman–Crippen LogP) is 5.33. The number of hydrogen-bond acceptors (Lipinski definition) is 2. The van der Waals surface area contributed by atoms with Gasteiger partial charge in [-0.05, 0) is 36.4 Å². The summed E-state index contributed by atoms with van der Waals surface area (Å²) in [7, 11) is 0. The molecule has 2 nitrogen and oxygen atoms in total. The first kappa shape index (κ1) is 12.3. The molecule has 94 valence electrons. The SMILES string of the molecule is Clc1ccc(Oc2ccnc3ccccc23)c(Cl)c1. The van der Waals surface area contributed by atoms with Crippen molar-refractivity contribution in [3.63, 3.8) is 0 Å². The Morgan fingerprint density at radius 2 is 1.74 bits per heavy atom. The lowest BCUT2D eigenvalue weighted by molar-refractivity contribution is 0.488. The molecule has 0 bridgehead atoms. The fourth-order valence-corrected chi connectivity index (χ4v) is 2.28. The number of rotatable bonds is 2. The first-order valence-electron chi connectivity index (χ1n) is 5.71. The highest BCUT2D eigenvalue weighted by atomic mass is 35.5. The summed E-state index contributed by atoms with van der Waals surface area (Å²) in [5.74, 6) is 1.29. The number of aromatic nitrogens is 1. The van der Waals surface area contributed by atoms with E-state index in [-0.39, 0.29) is 0 Å². The third kappa shape index (κ3) is 2.50. The molecular weight excluding hydrogens is 281 g/mol. The maximum Gasteiger partial charge on any atom is 0.146 e. The van der Waals surface area contributed by atoms with Gasteiger partial charge in [0.25, 0.3) is 0 Å². The third-order valence-corrected chi connectivity index (χ3v) is 3.25.